The minimum Gasteiger partial charge on any atom is -0.387 e. The number of carbonyl (C=O) groups is 1. The Balaban J connectivity index is 1.48. The molecule has 0 radical (unpaired) electrons. The summed E-state index contributed by atoms with van der Waals surface area (Å²) < 4.78 is 29.8. The van der Waals surface area contributed by atoms with E-state index in [0.717, 1.165) is 22.5 Å². The number of aliphatic hydroxyl groups is 1. The fourth-order valence-electron chi connectivity index (χ4n) is 3.96. The van der Waals surface area contributed by atoms with Gasteiger partial charge in [0.2, 0.25) is 15.9 Å². The molecule has 1 atom stereocenters. The predicted molar refractivity (Wildman–Crippen MR) is 101 cm³/mol. The average Bonchev–Trinajstić information content (AvgIpc) is 3.25. The first kappa shape index (κ1) is 18.2. The van der Waals surface area contributed by atoms with Crippen LogP contribution in [0.5, 0.6) is 0 Å². The molecule has 2 N–H and O–H groups in total. The van der Waals surface area contributed by atoms with Crippen LogP contribution in [0.1, 0.15) is 35.8 Å². The molecule has 27 heavy (non-hydrogen) atoms. The Bertz CT molecular complexity index is 996. The zero-order valence-electron chi connectivity index (χ0n) is 15.2. The van der Waals surface area contributed by atoms with Gasteiger partial charge in [-0.15, -0.1) is 0 Å². The van der Waals surface area contributed by atoms with Crippen LogP contribution in [0.2, 0.25) is 0 Å². The van der Waals surface area contributed by atoms with Gasteiger partial charge in [0.15, 0.2) is 0 Å². The zero-order chi connectivity index (χ0) is 19.2. The van der Waals surface area contributed by atoms with Crippen molar-refractivity contribution in [2.45, 2.75) is 36.7 Å². The quantitative estimate of drug-likeness (QED) is 0.778. The molecule has 3 heterocycles. The molecule has 1 amide bonds. The molecule has 2 aliphatic heterocycles. The fourth-order valence-corrected chi connectivity index (χ4v) is 5.11. The summed E-state index contributed by atoms with van der Waals surface area (Å²) in [4.78, 5) is 14.0. The molecule has 7 nitrogen and oxygen atoms in total. The summed E-state index contributed by atoms with van der Waals surface area (Å²) >= 11 is 0. The maximum absolute atomic E-state index is 12.7. The Hall–Kier alpha value is -2.16. The lowest BCUT2D eigenvalue weighted by atomic mass is 10.00. The summed E-state index contributed by atoms with van der Waals surface area (Å²) in [6, 6.07) is 7.01. The Morgan fingerprint density at radius 1 is 1.22 bits per heavy atom. The van der Waals surface area contributed by atoms with Crippen molar-refractivity contribution in [2.75, 3.05) is 18.0 Å². The Kier molecular flexibility index (Phi) is 4.57. The van der Waals surface area contributed by atoms with Crippen molar-refractivity contribution in [1.82, 2.24) is 9.29 Å². The van der Waals surface area contributed by atoms with Crippen molar-refractivity contribution >= 4 is 21.6 Å². The van der Waals surface area contributed by atoms with Crippen molar-refractivity contribution < 1.29 is 18.3 Å². The molecule has 0 aliphatic carbocycles. The number of benzene rings is 1. The van der Waals surface area contributed by atoms with Crippen LogP contribution in [0.4, 0.5) is 5.69 Å². The van der Waals surface area contributed by atoms with E-state index in [9.17, 15) is 18.3 Å². The van der Waals surface area contributed by atoms with Crippen LogP contribution in [0.15, 0.2) is 35.4 Å². The van der Waals surface area contributed by atoms with Crippen molar-refractivity contribution in [2.24, 2.45) is 7.05 Å². The van der Waals surface area contributed by atoms with Gasteiger partial charge >= 0.3 is 0 Å². The summed E-state index contributed by atoms with van der Waals surface area (Å²) in [5, 5.41) is 10.2. The summed E-state index contributed by atoms with van der Waals surface area (Å²) in [5.41, 5.74) is 3.50. The third-order valence-corrected chi connectivity index (χ3v) is 6.81. The molecule has 4 rings (SSSR count). The number of amides is 1. The van der Waals surface area contributed by atoms with Crippen molar-refractivity contribution in [3.05, 3.63) is 47.3 Å². The predicted octanol–water partition coefficient (Wildman–Crippen LogP) is 1.26. The first-order valence-electron chi connectivity index (χ1n) is 9.12. The SMILES string of the molecule is Cn1cccc1[C@@H](O)CCNS(=O)(=O)c1cc2c3c(c1)CCN3C(=O)CC2. The Morgan fingerprint density at radius 2 is 1.96 bits per heavy atom. The van der Waals surface area contributed by atoms with Gasteiger partial charge in [-0.1, -0.05) is 0 Å². The second-order valence-electron chi connectivity index (χ2n) is 7.13. The lowest BCUT2D eigenvalue weighted by Gasteiger charge is -2.25. The molecule has 144 valence electrons. The van der Waals surface area contributed by atoms with Crippen LogP contribution in [0.25, 0.3) is 0 Å². The maximum Gasteiger partial charge on any atom is 0.240 e. The summed E-state index contributed by atoms with van der Waals surface area (Å²) in [6.07, 6.45) is 3.08. The number of anilines is 1. The third-order valence-electron chi connectivity index (χ3n) is 5.37. The number of carbonyl (C=O) groups excluding carboxylic acids is 1. The Morgan fingerprint density at radius 3 is 2.67 bits per heavy atom. The first-order chi connectivity index (χ1) is 12.9. The highest BCUT2D eigenvalue weighted by Crippen LogP contribution is 2.38. The van der Waals surface area contributed by atoms with Gasteiger partial charge in [0, 0.05) is 38.4 Å². The van der Waals surface area contributed by atoms with E-state index in [4.69, 9.17) is 0 Å². The second-order valence-corrected chi connectivity index (χ2v) is 8.90. The van der Waals surface area contributed by atoms with Gasteiger partial charge in [-0.2, -0.15) is 0 Å². The van der Waals surface area contributed by atoms with Crippen LogP contribution in [-0.2, 0) is 34.7 Å². The zero-order valence-corrected chi connectivity index (χ0v) is 16.0. The second kappa shape index (κ2) is 6.78. The summed E-state index contributed by atoms with van der Waals surface area (Å²) in [6.45, 7) is 0.770. The number of aliphatic hydroxyl groups excluding tert-OH is 1. The largest absolute Gasteiger partial charge is 0.387 e. The number of rotatable bonds is 6. The lowest BCUT2D eigenvalue weighted by Crippen LogP contribution is -2.33. The highest BCUT2D eigenvalue weighted by atomic mass is 32.2. The minimum atomic E-state index is -3.67. The molecule has 0 bridgehead atoms. The molecule has 1 aromatic heterocycles. The molecule has 2 aromatic rings. The molecule has 0 saturated heterocycles. The van der Waals surface area contributed by atoms with E-state index < -0.39 is 16.1 Å². The van der Waals surface area contributed by atoms with E-state index in [-0.39, 0.29) is 23.8 Å². The fraction of sp³-hybridized carbons (Fsp3) is 0.421. The average molecular weight is 389 g/mol. The van der Waals surface area contributed by atoms with E-state index in [1.54, 1.807) is 17.0 Å². The van der Waals surface area contributed by atoms with Crippen molar-refractivity contribution in [3.63, 3.8) is 0 Å². The molecule has 2 aliphatic rings. The van der Waals surface area contributed by atoms with Gasteiger partial charge in [0.05, 0.1) is 16.7 Å². The molecular formula is C19H23N3O4S. The molecular weight excluding hydrogens is 366 g/mol. The van der Waals surface area contributed by atoms with Crippen molar-refractivity contribution in [1.29, 1.82) is 0 Å². The van der Waals surface area contributed by atoms with Crippen LogP contribution in [0, 0.1) is 0 Å². The number of hydrogen-bond donors (Lipinski definition) is 2. The lowest BCUT2D eigenvalue weighted by molar-refractivity contribution is -0.118. The number of hydrogen-bond acceptors (Lipinski definition) is 4. The normalized spacial score (nSPS) is 17.3. The molecule has 8 heteroatoms. The smallest absolute Gasteiger partial charge is 0.240 e. The van der Waals surface area contributed by atoms with Crippen LogP contribution in [0.3, 0.4) is 0 Å². The van der Waals surface area contributed by atoms with Crippen molar-refractivity contribution in [3.8, 4) is 0 Å². The standard InChI is InChI=1S/C19H23N3O4S/c1-21-9-2-3-16(21)17(23)6-8-20-27(25,26)15-11-13-4-5-18(24)22-10-7-14(12-15)19(13)22/h2-3,9,11-12,17,20,23H,4-8,10H2,1H3/t17-/m0/s1. The van der Waals surface area contributed by atoms with E-state index in [0.29, 0.717) is 25.8 Å². The Labute approximate surface area is 158 Å². The van der Waals surface area contributed by atoms with Gasteiger partial charge in [-0.3, -0.25) is 4.79 Å². The summed E-state index contributed by atoms with van der Waals surface area (Å²) in [5.74, 6) is 0.115. The highest BCUT2D eigenvalue weighted by Gasteiger charge is 2.32. The van der Waals surface area contributed by atoms with Gasteiger partial charge < -0.3 is 14.6 Å². The number of aryl methyl sites for hydroxylation is 2. The minimum absolute atomic E-state index is 0.115. The van der Waals surface area contributed by atoms with Gasteiger partial charge in [0.25, 0.3) is 0 Å². The number of aromatic nitrogens is 1. The van der Waals surface area contributed by atoms with Gasteiger partial charge in [0.1, 0.15) is 0 Å². The molecule has 0 spiro atoms. The maximum atomic E-state index is 12.7. The van der Waals surface area contributed by atoms with E-state index in [1.165, 1.54) is 0 Å². The van der Waals surface area contributed by atoms with Crippen LogP contribution >= 0.6 is 0 Å². The number of nitrogens with one attached hydrogen (secondary N) is 1. The number of nitrogens with zero attached hydrogens (tertiary/aromatic N) is 2. The molecule has 0 saturated carbocycles. The van der Waals surface area contributed by atoms with E-state index >= 15 is 0 Å². The van der Waals surface area contributed by atoms with Crippen LogP contribution < -0.4 is 9.62 Å². The van der Waals surface area contributed by atoms with Gasteiger partial charge in [-0.05, 0) is 54.7 Å². The molecule has 0 fully saturated rings. The highest BCUT2D eigenvalue weighted by molar-refractivity contribution is 7.89. The van der Waals surface area contributed by atoms with E-state index in [2.05, 4.69) is 4.72 Å². The monoisotopic (exact) mass is 389 g/mol. The first-order valence-corrected chi connectivity index (χ1v) is 10.6. The van der Waals surface area contributed by atoms with Crippen LogP contribution in [-0.4, -0.2) is 37.1 Å². The topological polar surface area (TPSA) is 91.6 Å². The molecule has 1 aromatic carbocycles. The summed E-state index contributed by atoms with van der Waals surface area (Å²) in [7, 11) is -1.83. The molecule has 0 unspecified atom stereocenters. The third kappa shape index (κ3) is 3.28. The van der Waals surface area contributed by atoms with Gasteiger partial charge in [-0.25, -0.2) is 13.1 Å². The number of sulfonamides is 1. The van der Waals surface area contributed by atoms with E-state index in [1.807, 2.05) is 29.9 Å².